The Kier molecular flexibility index (Phi) is 2.13. The Labute approximate surface area is 121 Å². The van der Waals surface area contributed by atoms with Crippen molar-refractivity contribution in [3.63, 3.8) is 0 Å². The van der Waals surface area contributed by atoms with Crippen molar-refractivity contribution in [2.24, 2.45) is 0 Å². The van der Waals surface area contributed by atoms with Crippen LogP contribution in [0.15, 0.2) is 48.5 Å². The van der Waals surface area contributed by atoms with Gasteiger partial charge in [0.25, 0.3) is 0 Å². The quantitative estimate of drug-likeness (QED) is 0.491. The molecular weight excluding hydrogens is 264 g/mol. The van der Waals surface area contributed by atoms with Crippen LogP contribution in [0.1, 0.15) is 23.3 Å². The molecule has 2 N–H and O–H groups in total. The molecule has 1 saturated heterocycles. The van der Waals surface area contributed by atoms with Crippen molar-refractivity contribution in [1.29, 1.82) is 0 Å². The molecule has 3 nitrogen and oxygen atoms in total. The standard InChI is InChI=1S/C18H14O3/c19-15-13-7-10-6-5-9-3-1-2-4-11(9)12(10)8-14(13)17-18(21-17)16(15)20/h1-8,15-20H. The van der Waals surface area contributed by atoms with Gasteiger partial charge in [-0.1, -0.05) is 36.4 Å². The molecule has 1 fully saturated rings. The van der Waals surface area contributed by atoms with E-state index in [4.69, 9.17) is 4.74 Å². The fraction of sp³-hybridized carbons (Fsp3) is 0.222. The Morgan fingerprint density at radius 1 is 0.810 bits per heavy atom. The molecule has 0 aromatic heterocycles. The summed E-state index contributed by atoms with van der Waals surface area (Å²) in [6, 6.07) is 16.5. The van der Waals surface area contributed by atoms with E-state index in [0.29, 0.717) is 0 Å². The average Bonchev–Trinajstić information content (AvgIpc) is 3.32. The van der Waals surface area contributed by atoms with Gasteiger partial charge in [-0.2, -0.15) is 0 Å². The minimum Gasteiger partial charge on any atom is -0.387 e. The van der Waals surface area contributed by atoms with Crippen molar-refractivity contribution in [2.45, 2.75) is 24.4 Å². The summed E-state index contributed by atoms with van der Waals surface area (Å²) in [5, 5.41) is 24.9. The second-order valence-electron chi connectivity index (χ2n) is 5.95. The van der Waals surface area contributed by atoms with Gasteiger partial charge in [-0.15, -0.1) is 0 Å². The zero-order valence-corrected chi connectivity index (χ0v) is 11.2. The number of hydrogen-bond acceptors (Lipinski definition) is 3. The van der Waals surface area contributed by atoms with Crippen LogP contribution in [0.25, 0.3) is 21.5 Å². The molecule has 1 aliphatic heterocycles. The highest BCUT2D eigenvalue weighted by Gasteiger charge is 2.53. The predicted octanol–water partition coefficient (Wildman–Crippen LogP) is 2.84. The molecule has 3 aromatic rings. The molecule has 5 rings (SSSR count). The summed E-state index contributed by atoms with van der Waals surface area (Å²) >= 11 is 0. The molecule has 4 unspecified atom stereocenters. The highest BCUT2D eigenvalue weighted by Crippen LogP contribution is 2.51. The van der Waals surface area contributed by atoms with Crippen LogP contribution in [-0.2, 0) is 4.74 Å². The summed E-state index contributed by atoms with van der Waals surface area (Å²) in [6.45, 7) is 0. The monoisotopic (exact) mass is 278 g/mol. The van der Waals surface area contributed by atoms with Crippen molar-refractivity contribution in [3.8, 4) is 0 Å². The number of fused-ring (bicyclic) bond motifs is 6. The fourth-order valence-electron chi connectivity index (χ4n) is 3.59. The highest BCUT2D eigenvalue weighted by atomic mass is 16.6. The highest BCUT2D eigenvalue weighted by molar-refractivity contribution is 6.08. The first-order valence-corrected chi connectivity index (χ1v) is 7.21. The van der Waals surface area contributed by atoms with Gasteiger partial charge in [0.1, 0.15) is 24.4 Å². The Balaban J connectivity index is 1.86. The molecule has 2 aliphatic rings. The van der Waals surface area contributed by atoms with Gasteiger partial charge in [0.05, 0.1) is 0 Å². The van der Waals surface area contributed by atoms with Crippen molar-refractivity contribution in [1.82, 2.24) is 0 Å². The number of epoxide rings is 1. The third-order valence-electron chi connectivity index (χ3n) is 4.76. The van der Waals surface area contributed by atoms with Crippen LogP contribution in [0, 0.1) is 0 Å². The molecule has 1 aliphatic carbocycles. The van der Waals surface area contributed by atoms with E-state index in [2.05, 4.69) is 30.3 Å². The molecule has 0 saturated carbocycles. The SMILES string of the molecule is OC1c2cc3ccc4ccccc4c3cc2C2OC2C1O. The molecule has 104 valence electrons. The van der Waals surface area contributed by atoms with Crippen LogP contribution in [0.3, 0.4) is 0 Å². The Bertz CT molecular complexity index is 886. The van der Waals surface area contributed by atoms with Gasteiger partial charge in [0.15, 0.2) is 0 Å². The van der Waals surface area contributed by atoms with Gasteiger partial charge in [0.2, 0.25) is 0 Å². The molecule has 0 spiro atoms. The molecule has 3 heteroatoms. The third kappa shape index (κ3) is 1.48. The molecule has 0 bridgehead atoms. The van der Waals surface area contributed by atoms with Crippen molar-refractivity contribution >= 4 is 21.5 Å². The van der Waals surface area contributed by atoms with E-state index in [-0.39, 0.29) is 12.2 Å². The minimum absolute atomic E-state index is 0.0678. The Hall–Kier alpha value is -1.94. The van der Waals surface area contributed by atoms with Crippen LogP contribution in [0.4, 0.5) is 0 Å². The minimum atomic E-state index is -0.861. The molecular formula is C18H14O3. The summed E-state index contributed by atoms with van der Waals surface area (Å²) in [5.74, 6) is 0. The van der Waals surface area contributed by atoms with Gasteiger partial charge in [-0.25, -0.2) is 0 Å². The zero-order valence-electron chi connectivity index (χ0n) is 11.2. The lowest BCUT2D eigenvalue weighted by molar-refractivity contribution is 0.0000732. The van der Waals surface area contributed by atoms with Crippen molar-refractivity contribution in [2.75, 3.05) is 0 Å². The van der Waals surface area contributed by atoms with Crippen molar-refractivity contribution in [3.05, 3.63) is 59.7 Å². The van der Waals surface area contributed by atoms with E-state index in [1.165, 1.54) is 16.2 Å². The van der Waals surface area contributed by atoms with E-state index in [1.807, 2.05) is 18.2 Å². The van der Waals surface area contributed by atoms with E-state index in [9.17, 15) is 10.2 Å². The molecule has 0 radical (unpaired) electrons. The van der Waals surface area contributed by atoms with Gasteiger partial charge < -0.3 is 14.9 Å². The number of aliphatic hydroxyl groups is 2. The first-order chi connectivity index (χ1) is 10.2. The van der Waals surface area contributed by atoms with Crippen molar-refractivity contribution < 1.29 is 14.9 Å². The lowest BCUT2D eigenvalue weighted by atomic mass is 9.85. The third-order valence-corrected chi connectivity index (χ3v) is 4.76. The second kappa shape index (κ2) is 3.83. The fourth-order valence-corrected chi connectivity index (χ4v) is 3.59. The van der Waals surface area contributed by atoms with Gasteiger partial charge >= 0.3 is 0 Å². The summed E-state index contributed by atoms with van der Waals surface area (Å²) in [6.07, 6.45) is -2.00. The van der Waals surface area contributed by atoms with E-state index in [0.717, 1.165) is 16.5 Å². The molecule has 0 amide bonds. The predicted molar refractivity (Wildman–Crippen MR) is 80.0 cm³/mol. The largest absolute Gasteiger partial charge is 0.387 e. The molecule has 3 aromatic carbocycles. The smallest absolute Gasteiger partial charge is 0.118 e. The van der Waals surface area contributed by atoms with Crippen LogP contribution < -0.4 is 0 Å². The van der Waals surface area contributed by atoms with Gasteiger partial charge in [0, 0.05) is 0 Å². The Morgan fingerprint density at radius 2 is 1.62 bits per heavy atom. The van der Waals surface area contributed by atoms with E-state index in [1.54, 1.807) is 0 Å². The number of rotatable bonds is 0. The number of hydrogen-bond donors (Lipinski definition) is 2. The summed E-state index contributed by atoms with van der Waals surface area (Å²) in [7, 11) is 0. The lowest BCUT2D eigenvalue weighted by Gasteiger charge is -2.24. The van der Waals surface area contributed by atoms with Crippen LogP contribution in [0.5, 0.6) is 0 Å². The van der Waals surface area contributed by atoms with Gasteiger partial charge in [-0.3, -0.25) is 0 Å². The number of aliphatic hydroxyl groups excluding tert-OH is 2. The molecule has 21 heavy (non-hydrogen) atoms. The maximum atomic E-state index is 10.3. The van der Waals surface area contributed by atoms with Crippen LogP contribution >= 0.6 is 0 Å². The zero-order chi connectivity index (χ0) is 14.1. The summed E-state index contributed by atoms with van der Waals surface area (Å²) in [5.41, 5.74) is 1.81. The topological polar surface area (TPSA) is 53.0 Å². The first kappa shape index (κ1) is 11.7. The van der Waals surface area contributed by atoms with Crippen LogP contribution in [-0.4, -0.2) is 22.4 Å². The molecule has 1 heterocycles. The maximum absolute atomic E-state index is 10.3. The first-order valence-electron chi connectivity index (χ1n) is 7.21. The Morgan fingerprint density at radius 3 is 2.52 bits per heavy atom. The summed E-state index contributed by atoms with van der Waals surface area (Å²) in [4.78, 5) is 0. The summed E-state index contributed by atoms with van der Waals surface area (Å²) < 4.78 is 5.54. The maximum Gasteiger partial charge on any atom is 0.118 e. The van der Waals surface area contributed by atoms with Crippen LogP contribution in [0.2, 0.25) is 0 Å². The van der Waals surface area contributed by atoms with Gasteiger partial charge in [-0.05, 0) is 44.8 Å². The van der Waals surface area contributed by atoms with E-state index >= 15 is 0 Å². The second-order valence-corrected chi connectivity index (χ2v) is 5.95. The van der Waals surface area contributed by atoms with E-state index < -0.39 is 12.2 Å². The normalized spacial score (nSPS) is 30.2. The average molecular weight is 278 g/mol. The molecule has 4 atom stereocenters. The number of benzene rings is 3. The number of ether oxygens (including phenoxy) is 1. The lowest BCUT2D eigenvalue weighted by Crippen LogP contribution is -2.28.